The molecule has 0 heterocycles. The Morgan fingerprint density at radius 1 is 0.750 bits per heavy atom. The number of carbonyl (C=O) groups excluding carboxylic acids is 3. The lowest BCUT2D eigenvalue weighted by Crippen LogP contribution is -2.54. The minimum absolute atomic E-state index is 0. The summed E-state index contributed by atoms with van der Waals surface area (Å²) in [5.41, 5.74) is -2.97. The smallest absolute Gasteiger partial charge is 0.114 e. The van der Waals surface area contributed by atoms with E-state index in [1.807, 2.05) is 0 Å². The SMILES string of the molecule is CC[O-].CC[O-].O=C([O-])CC(O)(CC(=O)[O-])C(=O)[O-].[NH4+].[NH4+].[NH4+].[NH4+].[NH4+]. The topological polar surface area (TPSA) is 369 Å². The number of hydrogen-bond acceptors (Lipinski definition) is 9. The number of aliphatic hydroxyl groups is 1. The minimum atomic E-state index is -2.97. The average molecular weight is 369 g/mol. The van der Waals surface area contributed by atoms with Gasteiger partial charge in [0, 0.05) is 24.8 Å². The van der Waals surface area contributed by atoms with Crippen LogP contribution in [0, 0.1) is 0 Å². The van der Waals surface area contributed by atoms with Gasteiger partial charge in [-0.3, -0.25) is 0 Å². The second kappa shape index (κ2) is 29.1. The van der Waals surface area contributed by atoms with E-state index in [4.69, 9.17) is 15.3 Å². The fraction of sp³-hybridized carbons (Fsp3) is 0.700. The van der Waals surface area contributed by atoms with Gasteiger partial charge in [0.15, 0.2) is 0 Å². The lowest BCUT2D eigenvalue weighted by atomic mass is 9.96. The summed E-state index contributed by atoms with van der Waals surface area (Å²) in [5.74, 6) is -5.98. The Bertz CT molecular complexity index is 274. The molecular formula is C10H35N5O9. The van der Waals surface area contributed by atoms with Crippen molar-refractivity contribution >= 4 is 17.9 Å². The minimum Gasteiger partial charge on any atom is -0.855 e. The highest BCUT2D eigenvalue weighted by Gasteiger charge is 2.29. The zero-order valence-electron chi connectivity index (χ0n) is 15.5. The van der Waals surface area contributed by atoms with E-state index in [0.717, 1.165) is 0 Å². The van der Waals surface area contributed by atoms with Gasteiger partial charge in [-0.05, 0) is 0 Å². The fourth-order valence-electron chi connectivity index (χ4n) is 0.684. The predicted octanol–water partition coefficient (Wildman–Crippen LogP) is -4.64. The first-order valence-electron chi connectivity index (χ1n) is 5.10. The molecule has 0 aliphatic heterocycles. The van der Waals surface area contributed by atoms with E-state index < -0.39 is 36.4 Å². The van der Waals surface area contributed by atoms with Crippen LogP contribution >= 0.6 is 0 Å². The molecule has 0 aliphatic carbocycles. The summed E-state index contributed by atoms with van der Waals surface area (Å²) >= 11 is 0. The molecule has 0 saturated carbocycles. The third-order valence-corrected chi connectivity index (χ3v) is 1.25. The molecule has 0 aromatic carbocycles. The van der Waals surface area contributed by atoms with Crippen LogP contribution in [-0.2, 0) is 14.4 Å². The summed E-state index contributed by atoms with van der Waals surface area (Å²) < 4.78 is 0. The molecule has 0 atom stereocenters. The van der Waals surface area contributed by atoms with Crippen molar-refractivity contribution in [2.45, 2.75) is 32.3 Å². The Morgan fingerprint density at radius 3 is 1.00 bits per heavy atom. The molecule has 0 rings (SSSR count). The van der Waals surface area contributed by atoms with Gasteiger partial charge in [0.2, 0.25) is 0 Å². The Labute approximate surface area is 140 Å². The van der Waals surface area contributed by atoms with Gasteiger partial charge < -0.3 is 75.8 Å². The Morgan fingerprint density at radius 2 is 0.917 bits per heavy atom. The van der Waals surface area contributed by atoms with Gasteiger partial charge in [-0.1, -0.05) is 13.8 Å². The van der Waals surface area contributed by atoms with Crippen molar-refractivity contribution in [1.29, 1.82) is 0 Å². The van der Waals surface area contributed by atoms with Crippen LogP contribution < -0.4 is 56.3 Å². The standard InChI is InChI=1S/C6H8O7.2C2H5O.5H3N/c7-3(8)1-6(13,5(11)12)2-4(9)10;2*1-2-3;;;;;/h13H,1-2H2,(H,7,8)(H,9,10)(H,11,12);2*2H2,1H3;5*1H3/q;2*-1;;;;;/p+2. The van der Waals surface area contributed by atoms with Gasteiger partial charge in [0.25, 0.3) is 0 Å². The van der Waals surface area contributed by atoms with Crippen LogP contribution in [0.5, 0.6) is 0 Å². The Kier molecular flexibility index (Phi) is 60.1. The molecule has 0 aliphatic rings. The summed E-state index contributed by atoms with van der Waals surface area (Å²) in [7, 11) is 0. The van der Waals surface area contributed by atoms with E-state index in [9.17, 15) is 29.7 Å². The van der Waals surface area contributed by atoms with Crippen molar-refractivity contribution in [3.63, 3.8) is 0 Å². The maximum absolute atomic E-state index is 10.1. The molecular weight excluding hydrogens is 334 g/mol. The predicted molar refractivity (Wildman–Crippen MR) is 80.2 cm³/mol. The Balaban J connectivity index is -0.0000000342. The maximum atomic E-state index is 10.1. The molecule has 0 bridgehead atoms. The second-order valence-corrected chi connectivity index (χ2v) is 2.99. The molecule has 21 N–H and O–H groups in total. The maximum Gasteiger partial charge on any atom is 0.114 e. The number of quaternary nitrogens is 5. The summed E-state index contributed by atoms with van der Waals surface area (Å²) in [6.07, 6.45) is -2.72. The molecule has 0 unspecified atom stereocenters. The molecule has 0 amide bonds. The molecule has 0 fully saturated rings. The van der Waals surface area contributed by atoms with Gasteiger partial charge in [0.1, 0.15) is 5.60 Å². The molecule has 0 radical (unpaired) electrons. The van der Waals surface area contributed by atoms with E-state index in [1.165, 1.54) is 0 Å². The van der Waals surface area contributed by atoms with E-state index >= 15 is 0 Å². The summed E-state index contributed by atoms with van der Waals surface area (Å²) in [6, 6.07) is 0. The number of rotatable bonds is 5. The van der Waals surface area contributed by atoms with E-state index in [-0.39, 0.29) is 44.0 Å². The van der Waals surface area contributed by atoms with Crippen LogP contribution in [0.1, 0.15) is 26.7 Å². The number of carboxylic acids is 3. The summed E-state index contributed by atoms with van der Waals surface area (Å²) in [5, 5.41) is 56.8. The van der Waals surface area contributed by atoms with Gasteiger partial charge in [-0.15, -0.1) is 13.2 Å². The lowest BCUT2D eigenvalue weighted by molar-refractivity contribution is -0.362. The molecule has 0 aromatic rings. The third-order valence-electron chi connectivity index (χ3n) is 1.25. The Hall–Kier alpha value is -1.91. The van der Waals surface area contributed by atoms with Gasteiger partial charge in [-0.25, -0.2) is 0 Å². The fourth-order valence-corrected chi connectivity index (χ4v) is 0.684. The highest BCUT2D eigenvalue weighted by molar-refractivity contribution is 5.86. The van der Waals surface area contributed by atoms with E-state index in [1.54, 1.807) is 13.8 Å². The summed E-state index contributed by atoms with van der Waals surface area (Å²) in [4.78, 5) is 30.0. The molecule has 0 aromatic heterocycles. The monoisotopic (exact) mass is 369 g/mol. The van der Waals surface area contributed by atoms with Gasteiger partial charge in [0.05, 0.1) is 5.97 Å². The zero-order valence-corrected chi connectivity index (χ0v) is 15.5. The van der Waals surface area contributed by atoms with Crippen LogP contribution in [0.25, 0.3) is 0 Å². The van der Waals surface area contributed by atoms with Gasteiger partial charge in [-0.2, -0.15) is 0 Å². The van der Waals surface area contributed by atoms with Crippen LogP contribution in [0.3, 0.4) is 0 Å². The molecule has 14 nitrogen and oxygen atoms in total. The number of carbonyl (C=O) groups is 3. The number of carboxylic acid groups (broad SMARTS) is 3. The van der Waals surface area contributed by atoms with Crippen molar-refractivity contribution in [2.24, 2.45) is 0 Å². The lowest BCUT2D eigenvalue weighted by Gasteiger charge is -2.29. The van der Waals surface area contributed by atoms with E-state index in [0.29, 0.717) is 0 Å². The first kappa shape index (κ1) is 49.5. The van der Waals surface area contributed by atoms with Crippen LogP contribution in [0.15, 0.2) is 0 Å². The van der Waals surface area contributed by atoms with Crippen molar-refractivity contribution in [3.8, 4) is 0 Å². The second-order valence-electron chi connectivity index (χ2n) is 2.99. The first-order chi connectivity index (χ1) is 8.60. The van der Waals surface area contributed by atoms with Crippen molar-refractivity contribution in [3.05, 3.63) is 0 Å². The number of aliphatic carboxylic acids is 3. The molecule has 14 heteroatoms. The first-order valence-corrected chi connectivity index (χ1v) is 5.10. The molecule has 154 valence electrons. The molecule has 0 saturated heterocycles. The van der Waals surface area contributed by atoms with Crippen LogP contribution in [-0.4, -0.2) is 41.8 Å². The number of hydrogen-bond donors (Lipinski definition) is 6. The zero-order chi connectivity index (χ0) is 16.1. The van der Waals surface area contributed by atoms with Crippen LogP contribution in [0.4, 0.5) is 0 Å². The quantitative estimate of drug-likeness (QED) is 0.270. The van der Waals surface area contributed by atoms with Crippen LogP contribution in [0.2, 0.25) is 0 Å². The highest BCUT2D eigenvalue weighted by atomic mass is 16.4. The van der Waals surface area contributed by atoms with Crippen molar-refractivity contribution < 1.29 is 45.0 Å². The highest BCUT2D eigenvalue weighted by Crippen LogP contribution is 2.13. The largest absolute Gasteiger partial charge is 0.855 e. The van der Waals surface area contributed by atoms with Crippen molar-refractivity contribution in [2.75, 3.05) is 13.2 Å². The van der Waals surface area contributed by atoms with Crippen molar-refractivity contribution in [1.82, 2.24) is 30.8 Å². The molecule has 0 spiro atoms. The third kappa shape index (κ3) is 36.9. The molecule has 24 heavy (non-hydrogen) atoms. The summed E-state index contributed by atoms with van der Waals surface area (Å²) in [6.45, 7) is 3.14. The van der Waals surface area contributed by atoms with E-state index in [2.05, 4.69) is 0 Å². The average Bonchev–Trinajstić information content (AvgIpc) is 2.16. The van der Waals surface area contributed by atoms with Gasteiger partial charge >= 0.3 is 0 Å². The normalized spacial score (nSPS) is 7.38.